The molecule has 1 aliphatic carbocycles. The Morgan fingerprint density at radius 2 is 1.74 bits per heavy atom. The van der Waals surface area contributed by atoms with Crippen LogP contribution in [-0.4, -0.2) is 17.9 Å². The van der Waals surface area contributed by atoms with Crippen molar-refractivity contribution < 1.29 is 27.5 Å². The molecule has 0 aromatic heterocycles. The Labute approximate surface area is 135 Å². The fraction of sp³-hybridized carbons (Fsp3) is 0.765. The monoisotopic (exact) mass is 334 g/mol. The summed E-state index contributed by atoms with van der Waals surface area (Å²) in [4.78, 5) is 23.6. The zero-order valence-corrected chi connectivity index (χ0v) is 14.0. The first-order chi connectivity index (χ1) is 10.6. The average molecular weight is 334 g/mol. The number of Topliss-reactive ketones (excluding diaryl/α,β-unsaturated/α-hetero) is 1. The number of ether oxygens (including phenoxy) is 1. The van der Waals surface area contributed by atoms with Crippen LogP contribution in [0.3, 0.4) is 0 Å². The van der Waals surface area contributed by atoms with Crippen LogP contribution in [0.1, 0.15) is 72.1 Å². The fourth-order valence-corrected chi connectivity index (χ4v) is 2.73. The molecule has 0 spiro atoms. The van der Waals surface area contributed by atoms with Crippen LogP contribution in [0, 0.1) is 5.41 Å². The molecule has 0 fully saturated rings. The smallest absolute Gasteiger partial charge is 0.423 e. The number of rotatable bonds is 7. The van der Waals surface area contributed by atoms with E-state index in [0.717, 1.165) is 25.7 Å². The molecule has 0 aliphatic heterocycles. The van der Waals surface area contributed by atoms with Crippen LogP contribution in [0.15, 0.2) is 11.3 Å². The molecule has 0 atom stereocenters. The number of allylic oxidation sites excluding steroid dienone is 2. The van der Waals surface area contributed by atoms with E-state index in [-0.39, 0.29) is 19.3 Å². The molecular formula is C17H25F3O3. The zero-order chi connectivity index (χ0) is 17.7. The molecule has 132 valence electrons. The summed E-state index contributed by atoms with van der Waals surface area (Å²) in [5.41, 5.74) is -1.93. The lowest BCUT2D eigenvalue weighted by molar-refractivity contribution is -0.144. The molecule has 0 saturated carbocycles. The van der Waals surface area contributed by atoms with Crippen molar-refractivity contribution in [2.24, 2.45) is 5.41 Å². The van der Waals surface area contributed by atoms with Crippen LogP contribution in [0.5, 0.6) is 0 Å². The van der Waals surface area contributed by atoms with Crippen LogP contribution >= 0.6 is 0 Å². The predicted octanol–water partition coefficient (Wildman–Crippen LogP) is 5.10. The van der Waals surface area contributed by atoms with Crippen molar-refractivity contribution in [1.82, 2.24) is 0 Å². The van der Waals surface area contributed by atoms with Gasteiger partial charge in [0.1, 0.15) is 11.3 Å². The molecular weight excluding hydrogens is 309 g/mol. The second-order valence-corrected chi connectivity index (χ2v) is 6.88. The first-order valence-electron chi connectivity index (χ1n) is 8.11. The van der Waals surface area contributed by atoms with Crippen molar-refractivity contribution in [2.45, 2.75) is 78.3 Å². The average Bonchev–Trinajstić information content (AvgIpc) is 2.34. The van der Waals surface area contributed by atoms with Gasteiger partial charge in [-0.05, 0) is 11.8 Å². The lowest BCUT2D eigenvalue weighted by Crippen LogP contribution is -2.33. The summed E-state index contributed by atoms with van der Waals surface area (Å²) in [6, 6.07) is 0. The number of ketones is 1. The SMILES string of the molecule is CCCCCCCC(=O)OC1=C(C(F)(F)F)C(=O)CC(C)(C)C1. The first-order valence-corrected chi connectivity index (χ1v) is 8.11. The van der Waals surface area contributed by atoms with Crippen molar-refractivity contribution in [3.05, 3.63) is 11.3 Å². The Balaban J connectivity index is 2.75. The highest BCUT2D eigenvalue weighted by Gasteiger charge is 2.47. The topological polar surface area (TPSA) is 43.4 Å². The summed E-state index contributed by atoms with van der Waals surface area (Å²) in [6.07, 6.45) is -0.397. The van der Waals surface area contributed by atoms with Gasteiger partial charge in [-0.15, -0.1) is 0 Å². The molecule has 0 bridgehead atoms. The quantitative estimate of drug-likeness (QED) is 0.481. The number of halogens is 3. The Morgan fingerprint density at radius 3 is 2.30 bits per heavy atom. The Morgan fingerprint density at radius 1 is 1.13 bits per heavy atom. The zero-order valence-electron chi connectivity index (χ0n) is 14.0. The second-order valence-electron chi connectivity index (χ2n) is 6.88. The number of carbonyl (C=O) groups excluding carboxylic acids is 2. The summed E-state index contributed by atoms with van der Waals surface area (Å²) >= 11 is 0. The third kappa shape index (κ3) is 6.36. The number of hydrogen-bond acceptors (Lipinski definition) is 3. The largest absolute Gasteiger partial charge is 0.430 e. The van der Waals surface area contributed by atoms with E-state index < -0.39 is 34.7 Å². The number of esters is 1. The van der Waals surface area contributed by atoms with E-state index in [0.29, 0.717) is 6.42 Å². The molecule has 1 rings (SSSR count). The van der Waals surface area contributed by atoms with Crippen molar-refractivity contribution in [2.75, 3.05) is 0 Å². The van der Waals surface area contributed by atoms with Gasteiger partial charge in [-0.3, -0.25) is 9.59 Å². The number of unbranched alkanes of at least 4 members (excludes halogenated alkanes) is 4. The van der Waals surface area contributed by atoms with Crippen LogP contribution in [-0.2, 0) is 14.3 Å². The molecule has 0 aromatic carbocycles. The lowest BCUT2D eigenvalue weighted by Gasteiger charge is -2.31. The lowest BCUT2D eigenvalue weighted by atomic mass is 9.76. The van der Waals surface area contributed by atoms with E-state index in [1.165, 1.54) is 0 Å². The van der Waals surface area contributed by atoms with Gasteiger partial charge in [0, 0.05) is 19.3 Å². The van der Waals surface area contributed by atoms with Gasteiger partial charge in [0.25, 0.3) is 0 Å². The van der Waals surface area contributed by atoms with Crippen molar-refractivity contribution in [3.63, 3.8) is 0 Å². The van der Waals surface area contributed by atoms with E-state index in [9.17, 15) is 22.8 Å². The Kier molecular flexibility index (Phi) is 6.84. The highest BCUT2D eigenvalue weighted by Crippen LogP contribution is 2.43. The maximum Gasteiger partial charge on any atom is 0.423 e. The third-order valence-corrected chi connectivity index (χ3v) is 3.84. The van der Waals surface area contributed by atoms with Gasteiger partial charge in [0.15, 0.2) is 5.78 Å². The predicted molar refractivity (Wildman–Crippen MR) is 80.6 cm³/mol. The van der Waals surface area contributed by atoms with Crippen molar-refractivity contribution in [3.8, 4) is 0 Å². The van der Waals surface area contributed by atoms with Gasteiger partial charge < -0.3 is 4.74 Å². The maximum absolute atomic E-state index is 13.1. The molecule has 1 aliphatic rings. The Hall–Kier alpha value is -1.33. The van der Waals surface area contributed by atoms with Gasteiger partial charge in [0.2, 0.25) is 0 Å². The molecule has 0 N–H and O–H groups in total. The molecule has 0 heterocycles. The van der Waals surface area contributed by atoms with Crippen LogP contribution in [0.25, 0.3) is 0 Å². The van der Waals surface area contributed by atoms with E-state index in [2.05, 4.69) is 6.92 Å². The van der Waals surface area contributed by atoms with Crippen molar-refractivity contribution >= 4 is 11.8 Å². The summed E-state index contributed by atoms with van der Waals surface area (Å²) in [7, 11) is 0. The first kappa shape index (κ1) is 19.7. The molecule has 23 heavy (non-hydrogen) atoms. The minimum atomic E-state index is -4.79. The van der Waals surface area contributed by atoms with Crippen LogP contribution in [0.4, 0.5) is 13.2 Å². The Bertz CT molecular complexity index is 476. The highest BCUT2D eigenvalue weighted by molar-refractivity contribution is 5.98. The van der Waals surface area contributed by atoms with Gasteiger partial charge in [-0.2, -0.15) is 13.2 Å². The van der Waals surface area contributed by atoms with Crippen LogP contribution < -0.4 is 0 Å². The summed E-state index contributed by atoms with van der Waals surface area (Å²) < 4.78 is 44.1. The molecule has 0 radical (unpaired) electrons. The number of alkyl halides is 3. The molecule has 6 heteroatoms. The molecule has 0 aromatic rings. The number of carbonyl (C=O) groups is 2. The minimum Gasteiger partial charge on any atom is -0.430 e. The van der Waals surface area contributed by atoms with Crippen molar-refractivity contribution in [1.29, 1.82) is 0 Å². The summed E-state index contributed by atoms with van der Waals surface area (Å²) in [5.74, 6) is -2.21. The molecule has 0 saturated heterocycles. The van der Waals surface area contributed by atoms with E-state index in [1.807, 2.05) is 0 Å². The normalized spacial score (nSPS) is 18.3. The van der Waals surface area contributed by atoms with Gasteiger partial charge >= 0.3 is 12.1 Å². The molecule has 0 unspecified atom stereocenters. The second kappa shape index (κ2) is 7.97. The molecule has 3 nitrogen and oxygen atoms in total. The van der Waals surface area contributed by atoms with Crippen LogP contribution in [0.2, 0.25) is 0 Å². The van der Waals surface area contributed by atoms with E-state index in [4.69, 9.17) is 4.74 Å². The van der Waals surface area contributed by atoms with Gasteiger partial charge in [0.05, 0.1) is 0 Å². The number of hydrogen-bond donors (Lipinski definition) is 0. The molecule has 0 amide bonds. The fourth-order valence-electron chi connectivity index (χ4n) is 2.73. The maximum atomic E-state index is 13.1. The van der Waals surface area contributed by atoms with Gasteiger partial charge in [-0.25, -0.2) is 0 Å². The summed E-state index contributed by atoms with van der Waals surface area (Å²) in [5, 5.41) is 0. The van der Waals surface area contributed by atoms with Gasteiger partial charge in [-0.1, -0.05) is 46.5 Å². The van der Waals surface area contributed by atoms with E-state index >= 15 is 0 Å². The highest BCUT2D eigenvalue weighted by atomic mass is 19.4. The standard InChI is InChI=1S/C17H25F3O3/c1-4-5-6-7-8-9-14(22)23-13-11-16(2,3)10-12(21)15(13)17(18,19)20/h4-11H2,1-3H3. The summed E-state index contributed by atoms with van der Waals surface area (Å²) in [6.45, 7) is 5.45. The van der Waals surface area contributed by atoms with E-state index in [1.54, 1.807) is 13.8 Å². The minimum absolute atomic E-state index is 0.0604. The third-order valence-electron chi connectivity index (χ3n) is 3.84.